The summed E-state index contributed by atoms with van der Waals surface area (Å²) in [6.45, 7) is 8.98. The summed E-state index contributed by atoms with van der Waals surface area (Å²) in [5, 5.41) is 0. The molecule has 0 spiro atoms. The first-order chi connectivity index (χ1) is 8.29. The minimum absolute atomic E-state index is 0.292. The van der Waals surface area contributed by atoms with E-state index >= 15 is 0 Å². The molecular weight excluding hydrogens is 229 g/mol. The average molecular weight is 253 g/mol. The molecule has 0 aliphatic carbocycles. The zero-order valence-corrected chi connectivity index (χ0v) is 11.8. The molecule has 0 heterocycles. The first-order valence-corrected chi connectivity index (χ1v) is 6.47. The van der Waals surface area contributed by atoms with Crippen molar-refractivity contribution in [2.24, 2.45) is 11.1 Å². The maximum absolute atomic E-state index is 13.6. The van der Waals surface area contributed by atoms with E-state index in [1.165, 1.54) is 6.07 Å². The third-order valence-electron chi connectivity index (χ3n) is 2.80. The Kier molecular flexibility index (Phi) is 5.15. The Morgan fingerprint density at radius 1 is 1.33 bits per heavy atom. The van der Waals surface area contributed by atoms with Crippen molar-refractivity contribution in [2.45, 2.75) is 46.6 Å². The molecule has 2 N–H and O–H groups in total. The maximum atomic E-state index is 13.6. The van der Waals surface area contributed by atoms with Crippen molar-refractivity contribution in [1.29, 1.82) is 0 Å². The minimum Gasteiger partial charge on any atom is -0.493 e. The van der Waals surface area contributed by atoms with Gasteiger partial charge in [0.05, 0.1) is 6.61 Å². The van der Waals surface area contributed by atoms with Crippen LogP contribution in [0.3, 0.4) is 0 Å². The van der Waals surface area contributed by atoms with Gasteiger partial charge in [-0.3, -0.25) is 0 Å². The van der Waals surface area contributed by atoms with Gasteiger partial charge in [0.15, 0.2) is 0 Å². The van der Waals surface area contributed by atoms with Crippen molar-refractivity contribution >= 4 is 0 Å². The molecule has 2 nitrogen and oxygen atoms in total. The second-order valence-electron chi connectivity index (χ2n) is 5.98. The van der Waals surface area contributed by atoms with Gasteiger partial charge in [-0.15, -0.1) is 0 Å². The van der Waals surface area contributed by atoms with Crippen molar-refractivity contribution in [1.82, 2.24) is 0 Å². The van der Waals surface area contributed by atoms with Crippen LogP contribution in [0.1, 0.15) is 52.1 Å². The molecular formula is C15H24FNO. The van der Waals surface area contributed by atoms with Gasteiger partial charge in [-0.1, -0.05) is 26.8 Å². The first-order valence-electron chi connectivity index (χ1n) is 6.47. The van der Waals surface area contributed by atoms with E-state index < -0.39 is 0 Å². The van der Waals surface area contributed by atoms with Crippen LogP contribution < -0.4 is 10.5 Å². The lowest BCUT2D eigenvalue weighted by Crippen LogP contribution is -2.09. The molecule has 0 fully saturated rings. The Morgan fingerprint density at radius 2 is 2.00 bits per heavy atom. The third kappa shape index (κ3) is 5.05. The molecule has 0 saturated carbocycles. The second-order valence-corrected chi connectivity index (χ2v) is 5.98. The summed E-state index contributed by atoms with van der Waals surface area (Å²) in [6, 6.07) is 4.59. The number of hydrogen-bond donors (Lipinski definition) is 1. The van der Waals surface area contributed by atoms with Crippen LogP contribution in [0.15, 0.2) is 18.2 Å². The van der Waals surface area contributed by atoms with Crippen molar-refractivity contribution < 1.29 is 9.13 Å². The molecule has 3 heteroatoms. The van der Waals surface area contributed by atoms with Crippen LogP contribution >= 0.6 is 0 Å². The summed E-state index contributed by atoms with van der Waals surface area (Å²) in [6.07, 6.45) is 2.06. The fourth-order valence-electron chi connectivity index (χ4n) is 1.76. The molecule has 0 aliphatic rings. The molecule has 1 atom stereocenters. The molecule has 0 aliphatic heterocycles. The van der Waals surface area contributed by atoms with Gasteiger partial charge in [0, 0.05) is 17.7 Å². The number of rotatable bonds is 5. The molecule has 1 aromatic rings. The van der Waals surface area contributed by atoms with Crippen LogP contribution in [0.4, 0.5) is 4.39 Å². The molecule has 102 valence electrons. The Balaban J connectivity index is 2.47. The quantitative estimate of drug-likeness (QED) is 0.803. The lowest BCUT2D eigenvalue weighted by molar-refractivity contribution is 0.268. The van der Waals surface area contributed by atoms with Crippen molar-refractivity contribution in [3.05, 3.63) is 29.6 Å². The Hall–Kier alpha value is -1.09. The Labute approximate surface area is 109 Å². The molecule has 1 rings (SSSR count). The molecule has 0 amide bonds. The van der Waals surface area contributed by atoms with E-state index in [0.29, 0.717) is 23.3 Å². The highest BCUT2D eigenvalue weighted by molar-refractivity contribution is 5.30. The summed E-state index contributed by atoms with van der Waals surface area (Å²) in [4.78, 5) is 0. The van der Waals surface area contributed by atoms with Gasteiger partial charge < -0.3 is 10.5 Å². The Morgan fingerprint density at radius 3 is 2.50 bits per heavy atom. The van der Waals surface area contributed by atoms with E-state index in [1.807, 2.05) is 0 Å². The predicted molar refractivity (Wildman–Crippen MR) is 73.2 cm³/mol. The number of benzene rings is 1. The normalized spacial score (nSPS) is 13.4. The number of hydrogen-bond acceptors (Lipinski definition) is 2. The van der Waals surface area contributed by atoms with Gasteiger partial charge in [0.25, 0.3) is 0 Å². The lowest BCUT2D eigenvalue weighted by Gasteiger charge is -2.18. The summed E-state index contributed by atoms with van der Waals surface area (Å²) >= 11 is 0. The Bertz CT molecular complexity index is 383. The smallest absolute Gasteiger partial charge is 0.131 e. The van der Waals surface area contributed by atoms with Crippen molar-refractivity contribution in [3.63, 3.8) is 0 Å². The monoisotopic (exact) mass is 253 g/mol. The van der Waals surface area contributed by atoms with Gasteiger partial charge in [0.2, 0.25) is 0 Å². The summed E-state index contributed by atoms with van der Waals surface area (Å²) < 4.78 is 19.2. The molecule has 0 radical (unpaired) electrons. The van der Waals surface area contributed by atoms with Crippen molar-refractivity contribution in [3.8, 4) is 5.75 Å². The van der Waals surface area contributed by atoms with E-state index in [9.17, 15) is 4.39 Å². The molecule has 0 saturated heterocycles. The highest BCUT2D eigenvalue weighted by atomic mass is 19.1. The molecule has 1 aromatic carbocycles. The van der Waals surface area contributed by atoms with Crippen LogP contribution in [0.25, 0.3) is 0 Å². The van der Waals surface area contributed by atoms with E-state index in [0.717, 1.165) is 12.8 Å². The van der Waals surface area contributed by atoms with Crippen LogP contribution in [-0.4, -0.2) is 6.61 Å². The highest BCUT2D eigenvalue weighted by Gasteiger charge is 2.10. The first kappa shape index (κ1) is 15.0. The standard InChI is InChI=1S/C15H24FNO/c1-11(17)13-7-6-12(10-14(13)16)18-9-5-8-15(2,3)4/h6-7,10-11H,5,8-9,17H2,1-4H3/t11-/m1/s1. The van der Waals surface area contributed by atoms with Gasteiger partial charge in [0.1, 0.15) is 11.6 Å². The lowest BCUT2D eigenvalue weighted by atomic mass is 9.91. The summed E-state index contributed by atoms with van der Waals surface area (Å²) in [5.41, 5.74) is 6.49. The van der Waals surface area contributed by atoms with Crippen LogP contribution in [0, 0.1) is 11.2 Å². The SMILES string of the molecule is C[C@@H](N)c1ccc(OCCCC(C)(C)C)cc1F. The zero-order chi connectivity index (χ0) is 13.8. The fraction of sp³-hybridized carbons (Fsp3) is 0.600. The summed E-state index contributed by atoms with van der Waals surface area (Å²) in [7, 11) is 0. The number of ether oxygens (including phenoxy) is 1. The van der Waals surface area contributed by atoms with Crippen LogP contribution in [-0.2, 0) is 0 Å². The second kappa shape index (κ2) is 6.19. The highest BCUT2D eigenvalue weighted by Crippen LogP contribution is 2.23. The topological polar surface area (TPSA) is 35.2 Å². The van der Waals surface area contributed by atoms with E-state index in [4.69, 9.17) is 10.5 Å². The largest absolute Gasteiger partial charge is 0.493 e. The van der Waals surface area contributed by atoms with Crippen LogP contribution in [0.2, 0.25) is 0 Å². The maximum Gasteiger partial charge on any atom is 0.131 e. The fourth-order valence-corrected chi connectivity index (χ4v) is 1.76. The van der Waals surface area contributed by atoms with E-state index in [-0.39, 0.29) is 11.9 Å². The van der Waals surface area contributed by atoms with E-state index in [2.05, 4.69) is 20.8 Å². The minimum atomic E-state index is -0.293. The van der Waals surface area contributed by atoms with Crippen LogP contribution in [0.5, 0.6) is 5.75 Å². The average Bonchev–Trinajstić information content (AvgIpc) is 2.22. The molecule has 0 unspecified atom stereocenters. The van der Waals surface area contributed by atoms with Gasteiger partial charge in [-0.2, -0.15) is 0 Å². The number of halogens is 1. The third-order valence-corrected chi connectivity index (χ3v) is 2.80. The van der Waals surface area contributed by atoms with Gasteiger partial charge in [-0.25, -0.2) is 4.39 Å². The van der Waals surface area contributed by atoms with Gasteiger partial charge in [-0.05, 0) is 31.2 Å². The zero-order valence-electron chi connectivity index (χ0n) is 11.8. The predicted octanol–water partition coefficient (Wildman–Crippen LogP) is 4.05. The van der Waals surface area contributed by atoms with Crippen molar-refractivity contribution in [2.75, 3.05) is 6.61 Å². The molecule has 0 bridgehead atoms. The molecule has 18 heavy (non-hydrogen) atoms. The summed E-state index contributed by atoms with van der Waals surface area (Å²) in [5.74, 6) is 0.282. The number of nitrogens with two attached hydrogens (primary N) is 1. The van der Waals surface area contributed by atoms with E-state index in [1.54, 1.807) is 19.1 Å². The molecule has 0 aromatic heterocycles. The van der Waals surface area contributed by atoms with Gasteiger partial charge >= 0.3 is 0 Å².